The van der Waals surface area contributed by atoms with Gasteiger partial charge in [0.05, 0.1) is 12.4 Å². The van der Waals surface area contributed by atoms with Crippen LogP contribution in [0, 0.1) is 5.92 Å². The average Bonchev–Trinajstić information content (AvgIpc) is 2.52. The number of fused-ring (bicyclic) bond motifs is 1. The lowest BCUT2D eigenvalue weighted by molar-refractivity contribution is -0.139. The molecule has 0 aromatic heterocycles. The molecule has 22 heavy (non-hydrogen) atoms. The van der Waals surface area contributed by atoms with E-state index in [0.717, 1.165) is 19.3 Å². The highest BCUT2D eigenvalue weighted by atomic mass is 32.2. The molecular formula is C15H18N2O4S. The molecule has 0 saturated heterocycles. The van der Waals surface area contributed by atoms with Gasteiger partial charge < -0.3 is 9.64 Å². The highest BCUT2D eigenvalue weighted by Gasteiger charge is 2.31. The van der Waals surface area contributed by atoms with Gasteiger partial charge in [0.2, 0.25) is 0 Å². The second-order valence-electron chi connectivity index (χ2n) is 5.57. The summed E-state index contributed by atoms with van der Waals surface area (Å²) in [5.74, 6) is -0.0544. The Hall–Kier alpha value is -1.89. The molecule has 0 bridgehead atoms. The molecule has 0 N–H and O–H groups in total. The van der Waals surface area contributed by atoms with Crippen molar-refractivity contribution in [2.24, 2.45) is 10.3 Å². The molecule has 0 spiro atoms. The van der Waals surface area contributed by atoms with Gasteiger partial charge in [-0.15, -0.1) is 4.40 Å². The van der Waals surface area contributed by atoms with Crippen LogP contribution >= 0.6 is 0 Å². The molecule has 3 rings (SSSR count). The lowest BCUT2D eigenvalue weighted by Crippen LogP contribution is -2.40. The van der Waals surface area contributed by atoms with Gasteiger partial charge in [-0.2, -0.15) is 0 Å². The summed E-state index contributed by atoms with van der Waals surface area (Å²) in [6.07, 6.45) is 12.1. The zero-order valence-corrected chi connectivity index (χ0v) is 13.0. The number of hydrogen-bond acceptors (Lipinski definition) is 5. The number of ether oxygens (including phenoxy) is 1. The van der Waals surface area contributed by atoms with E-state index in [0.29, 0.717) is 19.1 Å². The maximum absolute atomic E-state index is 12.3. The van der Waals surface area contributed by atoms with E-state index in [4.69, 9.17) is 4.74 Å². The first-order valence-electron chi connectivity index (χ1n) is 7.35. The average molecular weight is 322 g/mol. The van der Waals surface area contributed by atoms with Crippen molar-refractivity contribution in [3.63, 3.8) is 0 Å². The molecule has 0 aromatic carbocycles. The zero-order valence-electron chi connectivity index (χ0n) is 12.1. The first kappa shape index (κ1) is 15.0. The molecule has 2 aliphatic heterocycles. The Morgan fingerprint density at radius 3 is 3.05 bits per heavy atom. The van der Waals surface area contributed by atoms with Crippen LogP contribution in [-0.2, 0) is 19.6 Å². The number of rotatable bonds is 3. The second kappa shape index (κ2) is 6.08. The van der Waals surface area contributed by atoms with Gasteiger partial charge in [-0.05, 0) is 37.3 Å². The van der Waals surface area contributed by atoms with Crippen LogP contribution < -0.4 is 0 Å². The molecule has 3 aliphatic rings. The number of carbonyl (C=O) groups excluding carboxylic acids is 1. The van der Waals surface area contributed by atoms with Crippen LogP contribution in [0.25, 0.3) is 0 Å². The number of esters is 1. The molecule has 0 unspecified atom stereocenters. The van der Waals surface area contributed by atoms with Crippen molar-refractivity contribution >= 4 is 21.8 Å². The fourth-order valence-electron chi connectivity index (χ4n) is 2.65. The monoisotopic (exact) mass is 322 g/mol. The number of amidine groups is 1. The third-order valence-corrected chi connectivity index (χ3v) is 5.05. The van der Waals surface area contributed by atoms with E-state index >= 15 is 0 Å². The fraction of sp³-hybridized carbons (Fsp3) is 0.467. The molecule has 118 valence electrons. The van der Waals surface area contributed by atoms with Crippen molar-refractivity contribution < 1.29 is 17.9 Å². The highest BCUT2D eigenvalue weighted by Crippen LogP contribution is 2.21. The summed E-state index contributed by atoms with van der Waals surface area (Å²) < 4.78 is 32.4. The van der Waals surface area contributed by atoms with E-state index in [9.17, 15) is 13.2 Å². The second-order valence-corrected chi connectivity index (χ2v) is 7.32. The third-order valence-electron chi connectivity index (χ3n) is 3.91. The molecule has 0 radical (unpaired) electrons. The van der Waals surface area contributed by atoms with Gasteiger partial charge in [-0.25, -0.2) is 13.2 Å². The molecule has 0 aromatic rings. The van der Waals surface area contributed by atoms with Gasteiger partial charge in [-0.3, -0.25) is 0 Å². The number of nitrogens with zero attached hydrogens (tertiary/aromatic N) is 2. The Kier molecular flexibility index (Phi) is 4.15. The quantitative estimate of drug-likeness (QED) is 0.579. The largest absolute Gasteiger partial charge is 0.462 e. The van der Waals surface area contributed by atoms with Crippen LogP contribution in [0.2, 0.25) is 0 Å². The molecule has 7 heteroatoms. The number of sulfonamides is 1. The predicted molar refractivity (Wildman–Crippen MR) is 82.6 cm³/mol. The Labute approximate surface area is 129 Å². The third kappa shape index (κ3) is 3.30. The van der Waals surface area contributed by atoms with E-state index in [1.165, 1.54) is 0 Å². The summed E-state index contributed by atoms with van der Waals surface area (Å²) in [4.78, 5) is 13.9. The van der Waals surface area contributed by atoms with Crippen molar-refractivity contribution in [3.05, 3.63) is 36.1 Å². The molecule has 0 fully saturated rings. The molecule has 1 aliphatic carbocycles. The number of hydrogen-bond donors (Lipinski definition) is 0. The molecule has 0 amide bonds. The van der Waals surface area contributed by atoms with Gasteiger partial charge in [0.1, 0.15) is 5.57 Å². The molecule has 6 nitrogen and oxygen atoms in total. The molecule has 1 atom stereocenters. The van der Waals surface area contributed by atoms with E-state index in [1.54, 1.807) is 23.3 Å². The van der Waals surface area contributed by atoms with E-state index in [-0.39, 0.29) is 17.2 Å². The first-order valence-corrected chi connectivity index (χ1v) is 8.96. The van der Waals surface area contributed by atoms with Crippen molar-refractivity contribution in [3.8, 4) is 0 Å². The topological polar surface area (TPSA) is 76.0 Å². The van der Waals surface area contributed by atoms with Crippen molar-refractivity contribution in [1.29, 1.82) is 0 Å². The SMILES string of the molecule is O=C(OC[C@H]1CC=CCC1)C1=CC=CN2CCS(=O)(=O)N=C12. The van der Waals surface area contributed by atoms with Gasteiger partial charge in [-0.1, -0.05) is 12.2 Å². The minimum absolute atomic E-state index is 0.0441. The lowest BCUT2D eigenvalue weighted by atomic mass is 9.95. The Morgan fingerprint density at radius 1 is 1.41 bits per heavy atom. The standard InChI is InChI=1S/C15H18N2O4S/c18-15(21-11-12-5-2-1-3-6-12)13-7-4-8-17-9-10-22(19,20)16-14(13)17/h1-2,4,7-8,12H,3,5-6,9-11H2/t12-/m0/s1. The smallest absolute Gasteiger partial charge is 0.341 e. The maximum atomic E-state index is 12.3. The van der Waals surface area contributed by atoms with Crippen LogP contribution in [0.4, 0.5) is 0 Å². The van der Waals surface area contributed by atoms with Crippen LogP contribution in [0.5, 0.6) is 0 Å². The summed E-state index contributed by atoms with van der Waals surface area (Å²) in [6.45, 7) is 0.653. The van der Waals surface area contributed by atoms with E-state index < -0.39 is 16.0 Å². The van der Waals surface area contributed by atoms with Crippen molar-refractivity contribution in [1.82, 2.24) is 4.90 Å². The summed E-state index contributed by atoms with van der Waals surface area (Å²) >= 11 is 0. The van der Waals surface area contributed by atoms with Gasteiger partial charge in [0.25, 0.3) is 10.0 Å². The molecule has 2 heterocycles. The Balaban J connectivity index is 1.71. The Morgan fingerprint density at radius 2 is 2.27 bits per heavy atom. The first-order chi connectivity index (χ1) is 10.6. The van der Waals surface area contributed by atoms with Crippen molar-refractivity contribution in [2.45, 2.75) is 19.3 Å². The fourth-order valence-corrected chi connectivity index (χ4v) is 3.64. The van der Waals surface area contributed by atoms with Crippen LogP contribution in [0.3, 0.4) is 0 Å². The van der Waals surface area contributed by atoms with E-state index in [2.05, 4.69) is 16.5 Å². The van der Waals surface area contributed by atoms with Crippen LogP contribution in [-0.4, -0.2) is 44.0 Å². The predicted octanol–water partition coefficient (Wildman–Crippen LogP) is 1.38. The van der Waals surface area contributed by atoms with Crippen LogP contribution in [0.15, 0.2) is 40.5 Å². The normalized spacial score (nSPS) is 26.0. The van der Waals surface area contributed by atoms with Gasteiger partial charge >= 0.3 is 5.97 Å². The number of allylic oxidation sites excluding steroid dienone is 4. The van der Waals surface area contributed by atoms with Gasteiger partial charge in [0.15, 0.2) is 5.84 Å². The molecular weight excluding hydrogens is 304 g/mol. The van der Waals surface area contributed by atoms with Crippen molar-refractivity contribution in [2.75, 3.05) is 18.9 Å². The summed E-state index contributed by atoms with van der Waals surface area (Å²) in [6, 6.07) is 0. The van der Waals surface area contributed by atoms with Crippen LogP contribution in [0.1, 0.15) is 19.3 Å². The summed E-state index contributed by atoms with van der Waals surface area (Å²) in [5, 5.41) is 0. The maximum Gasteiger partial charge on any atom is 0.341 e. The zero-order chi connectivity index (χ0) is 15.6. The van der Waals surface area contributed by atoms with E-state index in [1.807, 2.05) is 0 Å². The lowest BCUT2D eigenvalue weighted by Gasteiger charge is -2.28. The minimum atomic E-state index is -3.50. The minimum Gasteiger partial charge on any atom is -0.462 e. The summed E-state index contributed by atoms with van der Waals surface area (Å²) in [7, 11) is -3.50. The van der Waals surface area contributed by atoms with Gasteiger partial charge in [0, 0.05) is 12.7 Å². The summed E-state index contributed by atoms with van der Waals surface area (Å²) in [5.41, 5.74) is 0.206. The molecule has 0 saturated carbocycles. The highest BCUT2D eigenvalue weighted by molar-refractivity contribution is 7.90. The Bertz CT molecular complexity index is 688. The number of carbonyl (C=O) groups is 1.